The Bertz CT molecular complexity index is 503. The Kier molecular flexibility index (Phi) is 3.81. The molecule has 4 nitrogen and oxygen atoms in total. The van der Waals surface area contributed by atoms with Crippen LogP contribution < -0.4 is 5.32 Å². The lowest BCUT2D eigenvalue weighted by Crippen LogP contribution is -2.30. The van der Waals surface area contributed by atoms with E-state index in [4.69, 9.17) is 4.74 Å². The molecule has 0 fully saturated rings. The zero-order valence-corrected chi connectivity index (χ0v) is 11.6. The van der Waals surface area contributed by atoms with Crippen molar-refractivity contribution in [3.63, 3.8) is 0 Å². The van der Waals surface area contributed by atoms with Crippen molar-refractivity contribution in [3.05, 3.63) is 22.5 Å². The molecule has 0 aliphatic rings. The fourth-order valence-corrected chi connectivity index (χ4v) is 2.89. The lowest BCUT2D eigenvalue weighted by Gasteiger charge is -2.12. The normalized spacial score (nSPS) is 13.4. The minimum Gasteiger partial charge on any atom is -0.383 e. The predicted octanol–water partition coefficient (Wildman–Crippen LogP) is 2.14. The molecule has 1 unspecified atom stereocenters. The molecule has 2 aromatic heterocycles. The number of imidazole rings is 1. The first-order chi connectivity index (χ1) is 8.13. The van der Waals surface area contributed by atoms with Crippen LogP contribution in [0.2, 0.25) is 0 Å². The second-order valence-electron chi connectivity index (χ2n) is 4.38. The van der Waals surface area contributed by atoms with Crippen molar-refractivity contribution in [2.45, 2.75) is 33.4 Å². The van der Waals surface area contributed by atoms with E-state index >= 15 is 0 Å². The summed E-state index contributed by atoms with van der Waals surface area (Å²) < 4.78 is 7.35. The molecule has 0 aromatic carbocycles. The van der Waals surface area contributed by atoms with Crippen LogP contribution in [0.1, 0.15) is 24.0 Å². The number of nitrogens with one attached hydrogen (secondary N) is 1. The van der Waals surface area contributed by atoms with Gasteiger partial charge in [0.05, 0.1) is 18.0 Å². The standard InChI is InChI=1S/C12H19N3OS/c1-8(6-16-4)13-5-11-10(3)14-12-15(11)9(2)7-17-12/h7-8,13H,5-6H2,1-4H3. The van der Waals surface area contributed by atoms with Gasteiger partial charge in [-0.15, -0.1) is 11.3 Å². The van der Waals surface area contributed by atoms with E-state index in [9.17, 15) is 0 Å². The zero-order chi connectivity index (χ0) is 12.4. The van der Waals surface area contributed by atoms with Crippen molar-refractivity contribution in [1.29, 1.82) is 0 Å². The minimum atomic E-state index is 0.351. The average Bonchev–Trinajstić information content (AvgIpc) is 2.77. The monoisotopic (exact) mass is 253 g/mol. The van der Waals surface area contributed by atoms with Gasteiger partial charge in [-0.3, -0.25) is 4.40 Å². The average molecular weight is 253 g/mol. The molecule has 1 atom stereocenters. The summed E-state index contributed by atoms with van der Waals surface area (Å²) in [5.41, 5.74) is 3.61. The van der Waals surface area contributed by atoms with Crippen LogP contribution in [-0.2, 0) is 11.3 Å². The summed E-state index contributed by atoms with van der Waals surface area (Å²) in [6, 6.07) is 0.351. The lowest BCUT2D eigenvalue weighted by molar-refractivity contribution is 0.171. The van der Waals surface area contributed by atoms with Crippen molar-refractivity contribution in [3.8, 4) is 0 Å². The third-order valence-electron chi connectivity index (χ3n) is 2.86. The van der Waals surface area contributed by atoms with E-state index in [0.717, 1.165) is 23.8 Å². The first kappa shape index (κ1) is 12.5. The molecule has 2 aromatic rings. The number of ether oxygens (including phenoxy) is 1. The molecule has 0 radical (unpaired) electrons. The van der Waals surface area contributed by atoms with Gasteiger partial charge in [0.1, 0.15) is 0 Å². The maximum Gasteiger partial charge on any atom is 0.194 e. The van der Waals surface area contributed by atoms with Gasteiger partial charge in [-0.2, -0.15) is 0 Å². The number of methoxy groups -OCH3 is 1. The number of rotatable bonds is 5. The Morgan fingerprint density at radius 2 is 2.29 bits per heavy atom. The molecule has 2 heterocycles. The van der Waals surface area contributed by atoms with Crippen molar-refractivity contribution < 1.29 is 4.74 Å². The van der Waals surface area contributed by atoms with Crippen molar-refractivity contribution in [2.75, 3.05) is 13.7 Å². The fraction of sp³-hybridized carbons (Fsp3) is 0.583. The van der Waals surface area contributed by atoms with Gasteiger partial charge in [-0.1, -0.05) is 0 Å². The molecule has 0 saturated carbocycles. The van der Waals surface area contributed by atoms with Crippen molar-refractivity contribution >= 4 is 16.3 Å². The van der Waals surface area contributed by atoms with Gasteiger partial charge in [0.15, 0.2) is 4.96 Å². The quantitative estimate of drug-likeness (QED) is 0.887. The van der Waals surface area contributed by atoms with Crippen LogP contribution >= 0.6 is 11.3 Å². The summed E-state index contributed by atoms with van der Waals surface area (Å²) in [4.78, 5) is 5.65. The van der Waals surface area contributed by atoms with Gasteiger partial charge in [-0.25, -0.2) is 4.98 Å². The van der Waals surface area contributed by atoms with Crippen LogP contribution in [0.3, 0.4) is 0 Å². The van der Waals surface area contributed by atoms with Gasteiger partial charge in [0, 0.05) is 30.8 Å². The van der Waals surface area contributed by atoms with E-state index in [0.29, 0.717) is 6.04 Å². The van der Waals surface area contributed by atoms with Crippen LogP contribution in [0, 0.1) is 13.8 Å². The summed E-state index contributed by atoms with van der Waals surface area (Å²) >= 11 is 1.69. The van der Waals surface area contributed by atoms with Crippen LogP contribution in [0.25, 0.3) is 4.96 Å². The first-order valence-electron chi connectivity index (χ1n) is 5.77. The van der Waals surface area contributed by atoms with E-state index in [1.165, 1.54) is 11.4 Å². The number of thiazole rings is 1. The highest BCUT2D eigenvalue weighted by Gasteiger charge is 2.12. The third kappa shape index (κ3) is 2.51. The van der Waals surface area contributed by atoms with Crippen LogP contribution in [0.5, 0.6) is 0 Å². The van der Waals surface area contributed by atoms with E-state index in [1.54, 1.807) is 18.4 Å². The second-order valence-corrected chi connectivity index (χ2v) is 5.21. The molecule has 94 valence electrons. The Labute approximate surface area is 106 Å². The van der Waals surface area contributed by atoms with Gasteiger partial charge in [0.2, 0.25) is 0 Å². The van der Waals surface area contributed by atoms with Crippen LogP contribution in [0.15, 0.2) is 5.38 Å². The summed E-state index contributed by atoms with van der Waals surface area (Å²) in [6.07, 6.45) is 0. The lowest BCUT2D eigenvalue weighted by atomic mass is 10.3. The van der Waals surface area contributed by atoms with Gasteiger partial charge in [-0.05, 0) is 20.8 Å². The zero-order valence-electron chi connectivity index (χ0n) is 10.8. The maximum absolute atomic E-state index is 5.12. The SMILES string of the molecule is COCC(C)NCc1c(C)nc2scc(C)n12. The topological polar surface area (TPSA) is 38.6 Å². The highest BCUT2D eigenvalue weighted by molar-refractivity contribution is 7.15. The summed E-state index contributed by atoms with van der Waals surface area (Å²) in [5, 5.41) is 5.60. The largest absolute Gasteiger partial charge is 0.383 e. The Balaban J connectivity index is 2.17. The Morgan fingerprint density at radius 3 is 3.00 bits per heavy atom. The molecule has 0 saturated heterocycles. The predicted molar refractivity (Wildman–Crippen MR) is 70.7 cm³/mol. The molecular weight excluding hydrogens is 234 g/mol. The molecule has 0 aliphatic heterocycles. The smallest absolute Gasteiger partial charge is 0.194 e. The Morgan fingerprint density at radius 1 is 1.53 bits per heavy atom. The van der Waals surface area contributed by atoms with Gasteiger partial charge < -0.3 is 10.1 Å². The second kappa shape index (κ2) is 5.16. The molecular formula is C12H19N3OS. The molecule has 5 heteroatoms. The number of hydrogen-bond acceptors (Lipinski definition) is 4. The molecule has 0 spiro atoms. The van der Waals surface area contributed by atoms with Crippen LogP contribution in [0.4, 0.5) is 0 Å². The third-order valence-corrected chi connectivity index (χ3v) is 3.81. The van der Waals surface area contributed by atoms with Crippen molar-refractivity contribution in [1.82, 2.24) is 14.7 Å². The number of fused-ring (bicyclic) bond motifs is 1. The van der Waals surface area contributed by atoms with E-state index in [2.05, 4.69) is 40.9 Å². The molecule has 17 heavy (non-hydrogen) atoms. The molecule has 0 bridgehead atoms. The summed E-state index contributed by atoms with van der Waals surface area (Å²) in [6.45, 7) is 7.86. The van der Waals surface area contributed by atoms with Gasteiger partial charge >= 0.3 is 0 Å². The molecule has 0 aliphatic carbocycles. The highest BCUT2D eigenvalue weighted by Crippen LogP contribution is 2.20. The molecule has 1 N–H and O–H groups in total. The maximum atomic E-state index is 5.12. The summed E-state index contributed by atoms with van der Waals surface area (Å²) in [5.74, 6) is 0. The van der Waals surface area contributed by atoms with E-state index in [1.807, 2.05) is 0 Å². The minimum absolute atomic E-state index is 0.351. The van der Waals surface area contributed by atoms with Gasteiger partial charge in [0.25, 0.3) is 0 Å². The number of hydrogen-bond donors (Lipinski definition) is 1. The number of aryl methyl sites for hydroxylation is 2. The molecule has 2 rings (SSSR count). The van der Waals surface area contributed by atoms with E-state index < -0.39 is 0 Å². The fourth-order valence-electron chi connectivity index (χ4n) is 1.96. The summed E-state index contributed by atoms with van der Waals surface area (Å²) in [7, 11) is 1.73. The van der Waals surface area contributed by atoms with Crippen LogP contribution in [-0.4, -0.2) is 29.1 Å². The number of nitrogens with zero attached hydrogens (tertiary/aromatic N) is 2. The first-order valence-corrected chi connectivity index (χ1v) is 6.65. The Hall–Kier alpha value is -0.910. The number of aromatic nitrogens is 2. The van der Waals surface area contributed by atoms with E-state index in [-0.39, 0.29) is 0 Å². The molecule has 0 amide bonds. The highest BCUT2D eigenvalue weighted by atomic mass is 32.1. The van der Waals surface area contributed by atoms with Crippen molar-refractivity contribution in [2.24, 2.45) is 0 Å².